The van der Waals surface area contributed by atoms with Crippen LogP contribution < -0.4 is 0 Å². The summed E-state index contributed by atoms with van der Waals surface area (Å²) in [6, 6.07) is 0. The highest BCUT2D eigenvalue weighted by atomic mass is 16.6. The molecule has 0 saturated heterocycles. The quantitative estimate of drug-likeness (QED) is 0.0261. The molecule has 1 atom stereocenters. The molecule has 0 spiro atoms. The van der Waals surface area contributed by atoms with E-state index in [9.17, 15) is 14.4 Å². The van der Waals surface area contributed by atoms with Gasteiger partial charge in [-0.2, -0.15) is 0 Å². The number of rotatable bonds is 60. The predicted molar refractivity (Wildman–Crippen MR) is 334 cm³/mol. The summed E-state index contributed by atoms with van der Waals surface area (Å²) in [7, 11) is 0. The first kappa shape index (κ1) is 73.6. The Kier molecular flexibility index (Phi) is 62.2. The van der Waals surface area contributed by atoms with Gasteiger partial charge in [0, 0.05) is 19.3 Å². The number of allylic oxidation sites excluding steroid dienone is 14. The van der Waals surface area contributed by atoms with Gasteiger partial charge in [0.1, 0.15) is 13.2 Å². The van der Waals surface area contributed by atoms with Crippen molar-refractivity contribution >= 4 is 17.9 Å². The molecule has 0 radical (unpaired) electrons. The molecule has 0 bridgehead atoms. The van der Waals surface area contributed by atoms with Crippen LogP contribution in [0.4, 0.5) is 0 Å². The van der Waals surface area contributed by atoms with Gasteiger partial charge in [0.05, 0.1) is 0 Å². The Morgan fingerprint density at radius 3 is 0.792 bits per heavy atom. The Balaban J connectivity index is 4.01. The largest absolute Gasteiger partial charge is 0.462 e. The van der Waals surface area contributed by atoms with E-state index in [0.717, 1.165) is 103 Å². The van der Waals surface area contributed by atoms with Gasteiger partial charge in [-0.3, -0.25) is 14.4 Å². The number of esters is 3. The van der Waals surface area contributed by atoms with E-state index < -0.39 is 6.10 Å². The Bertz CT molecular complexity index is 1470. The molecule has 0 aromatic rings. The maximum absolute atomic E-state index is 12.8. The van der Waals surface area contributed by atoms with Crippen LogP contribution in [0.2, 0.25) is 0 Å². The highest BCUT2D eigenvalue weighted by Crippen LogP contribution is 2.17. The molecule has 0 heterocycles. The molecule has 1 unspecified atom stereocenters. The molecule has 0 amide bonds. The first-order valence-electron chi connectivity index (χ1n) is 33.1. The van der Waals surface area contributed by atoms with Crippen LogP contribution >= 0.6 is 0 Å². The average molecular weight is 1070 g/mol. The molecule has 444 valence electrons. The molecular weight excluding hydrogens is 949 g/mol. The molecule has 0 N–H and O–H groups in total. The van der Waals surface area contributed by atoms with Crippen LogP contribution in [-0.4, -0.2) is 37.2 Å². The summed E-state index contributed by atoms with van der Waals surface area (Å²) >= 11 is 0. The molecule has 6 heteroatoms. The van der Waals surface area contributed by atoms with Crippen molar-refractivity contribution in [2.45, 2.75) is 335 Å². The fraction of sp³-hybridized carbons (Fsp3) is 0.761. The summed E-state index contributed by atoms with van der Waals surface area (Å²) in [6.45, 7) is 6.46. The van der Waals surface area contributed by atoms with Gasteiger partial charge in [0.2, 0.25) is 0 Å². The van der Waals surface area contributed by atoms with Gasteiger partial charge in [-0.25, -0.2) is 0 Å². The monoisotopic (exact) mass is 1070 g/mol. The van der Waals surface area contributed by atoms with Gasteiger partial charge in [0.25, 0.3) is 0 Å². The van der Waals surface area contributed by atoms with E-state index in [1.54, 1.807) is 0 Å². The lowest BCUT2D eigenvalue weighted by molar-refractivity contribution is -0.167. The summed E-state index contributed by atoms with van der Waals surface area (Å²) < 4.78 is 16.8. The second-order valence-corrected chi connectivity index (χ2v) is 22.0. The van der Waals surface area contributed by atoms with E-state index in [-0.39, 0.29) is 31.1 Å². The van der Waals surface area contributed by atoms with Gasteiger partial charge in [-0.15, -0.1) is 0 Å². The minimum absolute atomic E-state index is 0.0750. The number of carbonyl (C=O) groups is 3. The summed E-state index contributed by atoms with van der Waals surface area (Å²) in [5.74, 6) is -0.879. The van der Waals surface area contributed by atoms with Crippen LogP contribution in [0.25, 0.3) is 0 Å². The summed E-state index contributed by atoms with van der Waals surface area (Å²) in [4.78, 5) is 38.0. The number of ether oxygens (including phenoxy) is 3. The highest BCUT2D eigenvalue weighted by molar-refractivity contribution is 5.71. The van der Waals surface area contributed by atoms with Crippen molar-refractivity contribution in [2.24, 2.45) is 0 Å². The number of hydrogen-bond acceptors (Lipinski definition) is 6. The first-order chi connectivity index (χ1) is 38.0. The van der Waals surface area contributed by atoms with E-state index in [2.05, 4.69) is 106 Å². The second-order valence-electron chi connectivity index (χ2n) is 22.0. The van der Waals surface area contributed by atoms with Crippen molar-refractivity contribution in [3.63, 3.8) is 0 Å². The van der Waals surface area contributed by atoms with E-state index in [1.807, 2.05) is 0 Å². The van der Waals surface area contributed by atoms with Crippen molar-refractivity contribution in [1.82, 2.24) is 0 Å². The van der Waals surface area contributed by atoms with E-state index in [4.69, 9.17) is 14.2 Å². The second kappa shape index (κ2) is 65.1. The van der Waals surface area contributed by atoms with Crippen molar-refractivity contribution < 1.29 is 28.6 Å². The Labute approximate surface area is 477 Å². The number of unbranched alkanes of at least 4 members (excludes halogenated alkanes) is 35. The topological polar surface area (TPSA) is 78.9 Å². The molecule has 0 rings (SSSR count). The first-order valence-corrected chi connectivity index (χ1v) is 33.1. The molecule has 0 aromatic heterocycles. The van der Waals surface area contributed by atoms with Gasteiger partial charge in [-0.1, -0.05) is 298 Å². The average Bonchev–Trinajstić information content (AvgIpc) is 3.43. The van der Waals surface area contributed by atoms with Crippen molar-refractivity contribution in [1.29, 1.82) is 0 Å². The fourth-order valence-electron chi connectivity index (χ4n) is 9.44. The van der Waals surface area contributed by atoms with Crippen LogP contribution in [0, 0.1) is 0 Å². The van der Waals surface area contributed by atoms with E-state index in [1.165, 1.54) is 186 Å². The van der Waals surface area contributed by atoms with Gasteiger partial charge < -0.3 is 14.2 Å². The lowest BCUT2D eigenvalue weighted by Gasteiger charge is -2.18. The summed E-state index contributed by atoms with van der Waals surface area (Å²) in [6.07, 6.45) is 86.5. The fourth-order valence-corrected chi connectivity index (χ4v) is 9.44. The Hall–Kier alpha value is -3.41. The van der Waals surface area contributed by atoms with Gasteiger partial charge >= 0.3 is 17.9 Å². The van der Waals surface area contributed by atoms with Crippen LogP contribution in [-0.2, 0) is 28.6 Å². The zero-order chi connectivity index (χ0) is 55.7. The Morgan fingerprint density at radius 1 is 0.273 bits per heavy atom. The molecule has 0 fully saturated rings. The van der Waals surface area contributed by atoms with Crippen LogP contribution in [0.3, 0.4) is 0 Å². The lowest BCUT2D eigenvalue weighted by Crippen LogP contribution is -2.30. The minimum atomic E-state index is -0.774. The normalized spacial score (nSPS) is 12.6. The molecule has 6 nitrogen and oxygen atoms in total. The zero-order valence-electron chi connectivity index (χ0n) is 51.0. The smallest absolute Gasteiger partial charge is 0.306 e. The van der Waals surface area contributed by atoms with Crippen molar-refractivity contribution in [2.75, 3.05) is 13.2 Å². The maximum atomic E-state index is 12.8. The zero-order valence-corrected chi connectivity index (χ0v) is 51.0. The van der Waals surface area contributed by atoms with Crippen LogP contribution in [0.1, 0.15) is 329 Å². The van der Waals surface area contributed by atoms with E-state index >= 15 is 0 Å². The molecule has 0 aliphatic carbocycles. The SMILES string of the molecule is CC/C=C\C/C=C\C/C=C\C/C=C\CCCCCCCCCCCCCCCCC(=O)OCC(COC(=O)CCCCCCC)OC(=O)CCCCCCCCCCCCCC/C=C\C/C=C\C/C=C\CCCCCCC. The molecule has 0 aliphatic rings. The molecule has 0 aromatic carbocycles. The number of hydrogen-bond donors (Lipinski definition) is 0. The standard InChI is InChI=1S/C71H124O6/c1-4-7-10-13-15-17-19-21-23-25-27-29-31-33-35-37-39-41-43-45-47-49-51-53-55-58-61-64-70(73)76-67-68(66-75-69(72)63-60-57-12-9-6-3)77-71(74)65-62-59-56-54-52-50-48-46-44-42-40-38-36-34-32-30-28-26-24-22-20-18-16-14-11-8-5-2/h7,10,15,17,20-23,26-29,32,34,68H,4-6,8-9,11-14,16,18-19,24-25,30-31,33,35-67H2,1-3H3/b10-7-,17-15-,22-20-,23-21-,28-26-,29-27-,34-32-. The molecule has 0 saturated carbocycles. The van der Waals surface area contributed by atoms with Gasteiger partial charge in [-0.05, 0) is 96.3 Å². The lowest BCUT2D eigenvalue weighted by atomic mass is 10.0. The van der Waals surface area contributed by atoms with Crippen LogP contribution in [0.15, 0.2) is 85.1 Å². The van der Waals surface area contributed by atoms with Crippen molar-refractivity contribution in [3.05, 3.63) is 85.1 Å². The third kappa shape index (κ3) is 63.3. The van der Waals surface area contributed by atoms with Gasteiger partial charge in [0.15, 0.2) is 6.10 Å². The molecular formula is C71H124O6. The summed E-state index contributed by atoms with van der Waals surface area (Å²) in [5.41, 5.74) is 0. The minimum Gasteiger partial charge on any atom is -0.462 e. The maximum Gasteiger partial charge on any atom is 0.306 e. The Morgan fingerprint density at radius 2 is 0.506 bits per heavy atom. The third-order valence-electron chi connectivity index (χ3n) is 14.4. The predicted octanol–water partition coefficient (Wildman–Crippen LogP) is 22.7. The van der Waals surface area contributed by atoms with Crippen molar-refractivity contribution in [3.8, 4) is 0 Å². The number of carbonyl (C=O) groups excluding carboxylic acids is 3. The summed E-state index contributed by atoms with van der Waals surface area (Å²) in [5, 5.41) is 0. The highest BCUT2D eigenvalue weighted by Gasteiger charge is 2.19. The van der Waals surface area contributed by atoms with Crippen LogP contribution in [0.5, 0.6) is 0 Å². The molecule has 0 aliphatic heterocycles. The third-order valence-corrected chi connectivity index (χ3v) is 14.4. The molecule has 77 heavy (non-hydrogen) atoms. The van der Waals surface area contributed by atoms with E-state index in [0.29, 0.717) is 19.3 Å².